The monoisotopic (exact) mass is 294 g/mol. The molecule has 9 heteroatoms. The molecule has 0 aromatic heterocycles. The summed E-state index contributed by atoms with van der Waals surface area (Å²) in [6.45, 7) is 0.111. The maximum atomic E-state index is 11.7. The Hall–Kier alpha value is -1.35. The molecule has 0 aliphatic carbocycles. The molecule has 110 valence electrons. The van der Waals surface area contributed by atoms with Gasteiger partial charge >= 0.3 is 12.0 Å². The van der Waals surface area contributed by atoms with Crippen LogP contribution >= 0.6 is 0 Å². The number of β-amino-alcohol motifs (C(OH)–C–C–N with tert-alkyl or cyclic N) is 1. The average molecular weight is 294 g/mol. The van der Waals surface area contributed by atoms with E-state index in [1.807, 2.05) is 0 Å². The molecule has 0 radical (unpaired) electrons. The first-order chi connectivity index (χ1) is 8.70. The summed E-state index contributed by atoms with van der Waals surface area (Å²) in [6, 6.07) is -1.64. The Kier molecular flexibility index (Phi) is 5.12. The quantitative estimate of drug-likeness (QED) is 0.539. The fourth-order valence-electron chi connectivity index (χ4n) is 1.90. The van der Waals surface area contributed by atoms with Crippen LogP contribution in [0.2, 0.25) is 0 Å². The lowest BCUT2D eigenvalue weighted by molar-refractivity contribution is -0.141. The fourth-order valence-corrected chi connectivity index (χ4v) is 2.57. The Morgan fingerprint density at radius 1 is 1.42 bits per heavy atom. The van der Waals surface area contributed by atoms with Gasteiger partial charge in [-0.25, -0.2) is 18.0 Å². The Morgan fingerprint density at radius 3 is 2.58 bits per heavy atom. The molecule has 1 heterocycles. The van der Waals surface area contributed by atoms with Crippen molar-refractivity contribution in [3.8, 4) is 0 Å². The number of amides is 2. The van der Waals surface area contributed by atoms with Gasteiger partial charge in [0.15, 0.2) is 0 Å². The SMILES string of the molecule is CS(=O)(=O)CCCNC(=O)N1C[C@H](O)C[C@@H]1C(=O)O. The zero-order valence-corrected chi connectivity index (χ0v) is 11.4. The van der Waals surface area contributed by atoms with Gasteiger partial charge in [0.25, 0.3) is 0 Å². The van der Waals surface area contributed by atoms with Crippen LogP contribution in [0, 0.1) is 0 Å². The minimum Gasteiger partial charge on any atom is -0.480 e. The molecule has 0 aromatic carbocycles. The minimum atomic E-state index is -3.07. The highest BCUT2D eigenvalue weighted by atomic mass is 32.2. The largest absolute Gasteiger partial charge is 0.480 e. The number of likely N-dealkylation sites (tertiary alicyclic amines) is 1. The Bertz CT molecular complexity index is 449. The molecule has 2 amide bonds. The molecule has 0 saturated carbocycles. The molecule has 8 nitrogen and oxygen atoms in total. The van der Waals surface area contributed by atoms with Crippen LogP contribution < -0.4 is 5.32 Å². The van der Waals surface area contributed by atoms with Crippen LogP contribution in [-0.4, -0.2) is 72.8 Å². The number of rotatable bonds is 5. The van der Waals surface area contributed by atoms with Crippen molar-refractivity contribution in [3.63, 3.8) is 0 Å². The Labute approximate surface area is 111 Å². The van der Waals surface area contributed by atoms with Crippen molar-refractivity contribution in [2.24, 2.45) is 0 Å². The highest BCUT2D eigenvalue weighted by Crippen LogP contribution is 2.17. The number of carbonyl (C=O) groups is 2. The van der Waals surface area contributed by atoms with E-state index in [2.05, 4.69) is 5.32 Å². The number of carboxylic acid groups (broad SMARTS) is 1. The van der Waals surface area contributed by atoms with Crippen LogP contribution in [0.25, 0.3) is 0 Å². The van der Waals surface area contributed by atoms with Crippen LogP contribution in [0.15, 0.2) is 0 Å². The topological polar surface area (TPSA) is 124 Å². The second-order valence-corrected chi connectivity index (χ2v) is 6.87. The normalized spacial score (nSPS) is 23.4. The van der Waals surface area contributed by atoms with E-state index in [-0.39, 0.29) is 31.7 Å². The zero-order chi connectivity index (χ0) is 14.6. The summed E-state index contributed by atoms with van der Waals surface area (Å²) < 4.78 is 21.8. The number of hydrogen-bond donors (Lipinski definition) is 3. The van der Waals surface area contributed by atoms with Crippen molar-refractivity contribution < 1.29 is 28.2 Å². The predicted octanol–water partition coefficient (Wildman–Crippen LogP) is -1.35. The number of nitrogens with zero attached hydrogens (tertiary/aromatic N) is 1. The summed E-state index contributed by atoms with van der Waals surface area (Å²) in [7, 11) is -3.07. The van der Waals surface area contributed by atoms with Crippen LogP contribution in [0.4, 0.5) is 4.79 Å². The number of nitrogens with one attached hydrogen (secondary N) is 1. The Balaban J connectivity index is 2.42. The van der Waals surface area contributed by atoms with Crippen molar-refractivity contribution in [1.29, 1.82) is 0 Å². The molecular formula is C10H18N2O6S. The molecule has 1 saturated heterocycles. The third kappa shape index (κ3) is 5.03. The van der Waals surface area contributed by atoms with Gasteiger partial charge < -0.3 is 20.4 Å². The van der Waals surface area contributed by atoms with Gasteiger partial charge in [0.1, 0.15) is 15.9 Å². The molecule has 0 aromatic rings. The fraction of sp³-hybridized carbons (Fsp3) is 0.800. The number of aliphatic hydroxyl groups excluding tert-OH is 1. The van der Waals surface area contributed by atoms with E-state index in [1.165, 1.54) is 0 Å². The molecule has 0 bridgehead atoms. The summed E-state index contributed by atoms with van der Waals surface area (Å²) in [5, 5.41) is 20.7. The van der Waals surface area contributed by atoms with E-state index >= 15 is 0 Å². The van der Waals surface area contributed by atoms with Crippen LogP contribution in [-0.2, 0) is 14.6 Å². The highest BCUT2D eigenvalue weighted by Gasteiger charge is 2.38. The van der Waals surface area contributed by atoms with Crippen molar-refractivity contribution in [2.45, 2.75) is 25.0 Å². The second kappa shape index (κ2) is 6.20. The summed E-state index contributed by atoms with van der Waals surface area (Å²) in [5.74, 6) is -1.21. The molecule has 1 aliphatic rings. The molecule has 1 rings (SSSR count). The first-order valence-corrected chi connectivity index (χ1v) is 7.90. The maximum absolute atomic E-state index is 11.7. The van der Waals surface area contributed by atoms with Crippen molar-refractivity contribution in [3.05, 3.63) is 0 Å². The minimum absolute atomic E-state index is 0.00604. The second-order valence-electron chi connectivity index (χ2n) is 4.61. The number of urea groups is 1. The number of aliphatic carboxylic acids is 1. The van der Waals surface area contributed by atoms with Gasteiger partial charge in [0.05, 0.1) is 11.9 Å². The average Bonchev–Trinajstić information content (AvgIpc) is 2.65. The Morgan fingerprint density at radius 2 is 2.05 bits per heavy atom. The van der Waals surface area contributed by atoms with E-state index in [4.69, 9.17) is 5.11 Å². The summed E-state index contributed by atoms with van der Waals surface area (Å²) in [4.78, 5) is 23.7. The molecular weight excluding hydrogens is 276 g/mol. The van der Waals surface area contributed by atoms with Crippen molar-refractivity contribution >= 4 is 21.8 Å². The number of aliphatic hydroxyl groups is 1. The molecule has 1 fully saturated rings. The first-order valence-electron chi connectivity index (χ1n) is 5.84. The third-order valence-electron chi connectivity index (χ3n) is 2.79. The van der Waals surface area contributed by atoms with E-state index < -0.39 is 34.0 Å². The number of carboxylic acids is 1. The third-order valence-corrected chi connectivity index (χ3v) is 3.82. The lowest BCUT2D eigenvalue weighted by Crippen LogP contribution is -2.46. The van der Waals surface area contributed by atoms with Gasteiger partial charge in [0, 0.05) is 25.8 Å². The van der Waals surface area contributed by atoms with E-state index in [9.17, 15) is 23.1 Å². The smallest absolute Gasteiger partial charge is 0.326 e. The van der Waals surface area contributed by atoms with Gasteiger partial charge in [-0.15, -0.1) is 0 Å². The predicted molar refractivity (Wildman–Crippen MR) is 66.5 cm³/mol. The maximum Gasteiger partial charge on any atom is 0.326 e. The molecule has 19 heavy (non-hydrogen) atoms. The van der Waals surface area contributed by atoms with E-state index in [1.54, 1.807) is 0 Å². The van der Waals surface area contributed by atoms with E-state index in [0.717, 1.165) is 11.2 Å². The molecule has 2 atom stereocenters. The highest BCUT2D eigenvalue weighted by molar-refractivity contribution is 7.90. The molecule has 1 aliphatic heterocycles. The summed E-state index contributed by atoms with van der Waals surface area (Å²) >= 11 is 0. The number of carbonyl (C=O) groups excluding carboxylic acids is 1. The standard InChI is InChI=1S/C10H18N2O6S/c1-19(17,18)4-2-3-11-10(16)12-6-7(13)5-8(12)9(14)15/h7-8,13H,2-6H2,1H3,(H,11,16)(H,14,15)/t7-,8-/m1/s1. The van der Waals surface area contributed by atoms with Gasteiger partial charge in [-0.2, -0.15) is 0 Å². The number of sulfone groups is 1. The van der Waals surface area contributed by atoms with Crippen LogP contribution in [0.3, 0.4) is 0 Å². The van der Waals surface area contributed by atoms with Crippen molar-refractivity contribution in [2.75, 3.05) is 25.1 Å². The lowest BCUT2D eigenvalue weighted by Gasteiger charge is -2.21. The molecule has 0 unspecified atom stereocenters. The zero-order valence-electron chi connectivity index (χ0n) is 10.6. The first kappa shape index (κ1) is 15.7. The number of hydrogen-bond acceptors (Lipinski definition) is 5. The van der Waals surface area contributed by atoms with Crippen LogP contribution in [0.1, 0.15) is 12.8 Å². The van der Waals surface area contributed by atoms with Crippen LogP contribution in [0.5, 0.6) is 0 Å². The van der Waals surface area contributed by atoms with Crippen molar-refractivity contribution in [1.82, 2.24) is 10.2 Å². The van der Waals surface area contributed by atoms with Gasteiger partial charge in [-0.3, -0.25) is 0 Å². The van der Waals surface area contributed by atoms with Gasteiger partial charge in [0.2, 0.25) is 0 Å². The van der Waals surface area contributed by atoms with Gasteiger partial charge in [-0.1, -0.05) is 0 Å². The summed E-state index contributed by atoms with van der Waals surface area (Å²) in [6.07, 6.45) is 0.527. The van der Waals surface area contributed by atoms with Gasteiger partial charge in [-0.05, 0) is 6.42 Å². The lowest BCUT2D eigenvalue weighted by atomic mass is 10.2. The van der Waals surface area contributed by atoms with E-state index in [0.29, 0.717) is 0 Å². The molecule has 0 spiro atoms. The molecule has 3 N–H and O–H groups in total. The summed E-state index contributed by atoms with van der Waals surface area (Å²) in [5.41, 5.74) is 0.